The zero-order valence-electron chi connectivity index (χ0n) is 11.6. The summed E-state index contributed by atoms with van der Waals surface area (Å²) in [4.78, 5) is 4.09. The molecule has 5 nitrogen and oxygen atoms in total. The third-order valence-corrected chi connectivity index (χ3v) is 3.83. The van der Waals surface area contributed by atoms with Gasteiger partial charge in [-0.15, -0.1) is 10.2 Å². The smallest absolute Gasteiger partial charge is 0.220 e. The van der Waals surface area contributed by atoms with Gasteiger partial charge in [0.1, 0.15) is 0 Å². The maximum atomic E-state index is 10.3. The molecular weight excluding hydrogens is 332 g/mol. The van der Waals surface area contributed by atoms with Crippen LogP contribution >= 0.6 is 15.9 Å². The van der Waals surface area contributed by atoms with Crippen LogP contribution in [-0.4, -0.2) is 14.7 Å². The average Bonchev–Trinajstić information content (AvgIpc) is 2.70. The lowest BCUT2D eigenvalue weighted by molar-refractivity contribution is 0.436. The summed E-state index contributed by atoms with van der Waals surface area (Å²) in [5.74, 6) is 0.580. The number of fused-ring (bicyclic) bond motifs is 1. The number of hydrogen-bond donors (Lipinski definition) is 1. The minimum atomic E-state index is 0.0796. The molecule has 0 radical (unpaired) electrons. The maximum Gasteiger partial charge on any atom is 0.220 e. The van der Waals surface area contributed by atoms with E-state index in [1.807, 2.05) is 31.2 Å². The predicted molar refractivity (Wildman–Crippen MR) is 85.4 cm³/mol. The van der Waals surface area contributed by atoms with Gasteiger partial charge in [0.25, 0.3) is 0 Å². The van der Waals surface area contributed by atoms with E-state index in [1.54, 1.807) is 23.9 Å². The molecule has 0 aliphatic rings. The monoisotopic (exact) mass is 344 g/mol. The Bertz CT molecular complexity index is 840. The summed E-state index contributed by atoms with van der Waals surface area (Å²) < 4.78 is 2.60. The SMILES string of the molecule is Cc1cc(Br)c2c(c1)c(N=Nc1ccccn1)c(O)n2C. The number of aromatic hydroxyl groups is 1. The molecule has 1 N–H and O–H groups in total. The van der Waals surface area contributed by atoms with Crippen molar-refractivity contribution in [2.24, 2.45) is 17.3 Å². The summed E-state index contributed by atoms with van der Waals surface area (Å²) in [6, 6.07) is 9.39. The highest BCUT2D eigenvalue weighted by molar-refractivity contribution is 9.10. The van der Waals surface area contributed by atoms with E-state index in [0.717, 1.165) is 20.9 Å². The quantitative estimate of drug-likeness (QED) is 0.680. The Morgan fingerprint density at radius 2 is 2.05 bits per heavy atom. The molecule has 0 bridgehead atoms. The van der Waals surface area contributed by atoms with Crippen LogP contribution < -0.4 is 0 Å². The van der Waals surface area contributed by atoms with Gasteiger partial charge in [0.05, 0.1) is 5.52 Å². The van der Waals surface area contributed by atoms with Gasteiger partial charge in [-0.2, -0.15) is 0 Å². The molecule has 6 heteroatoms. The summed E-state index contributed by atoms with van der Waals surface area (Å²) in [6.45, 7) is 1.99. The predicted octanol–water partition coefficient (Wildman–Crippen LogP) is 4.77. The standard InChI is InChI=1S/C15H13BrN4O/c1-9-7-10-13(19-18-12-5-3-4-6-17-12)15(21)20(2)14(10)11(16)8-9/h3-8,21H,1-2H3. The lowest BCUT2D eigenvalue weighted by Gasteiger charge is -2.01. The maximum absolute atomic E-state index is 10.3. The molecular formula is C15H13BrN4O. The van der Waals surface area contributed by atoms with Gasteiger partial charge in [-0.3, -0.25) is 0 Å². The summed E-state index contributed by atoms with van der Waals surface area (Å²) in [6.07, 6.45) is 1.65. The molecule has 106 valence electrons. The van der Waals surface area contributed by atoms with Crippen molar-refractivity contribution in [3.05, 3.63) is 46.6 Å². The van der Waals surface area contributed by atoms with Crippen molar-refractivity contribution >= 4 is 38.3 Å². The molecule has 3 rings (SSSR count). The zero-order chi connectivity index (χ0) is 15.0. The van der Waals surface area contributed by atoms with Crippen LogP contribution in [0.3, 0.4) is 0 Å². The highest BCUT2D eigenvalue weighted by Crippen LogP contribution is 2.41. The Morgan fingerprint density at radius 1 is 1.24 bits per heavy atom. The number of rotatable bonds is 2. The average molecular weight is 345 g/mol. The second kappa shape index (κ2) is 5.29. The van der Waals surface area contributed by atoms with Crippen molar-refractivity contribution in [3.8, 4) is 5.88 Å². The van der Waals surface area contributed by atoms with Crippen LogP contribution in [0.5, 0.6) is 5.88 Å². The molecule has 0 fully saturated rings. The van der Waals surface area contributed by atoms with Crippen LogP contribution in [0.15, 0.2) is 51.2 Å². The molecule has 0 aliphatic carbocycles. The van der Waals surface area contributed by atoms with Crippen molar-refractivity contribution in [2.45, 2.75) is 6.92 Å². The van der Waals surface area contributed by atoms with Crippen LogP contribution in [-0.2, 0) is 7.05 Å². The molecule has 0 amide bonds. The molecule has 0 aliphatic heterocycles. The van der Waals surface area contributed by atoms with Gasteiger partial charge >= 0.3 is 0 Å². The molecule has 0 saturated carbocycles. The number of halogens is 1. The first kappa shape index (κ1) is 13.8. The van der Waals surface area contributed by atoms with E-state index in [0.29, 0.717) is 11.5 Å². The van der Waals surface area contributed by atoms with Crippen molar-refractivity contribution in [3.63, 3.8) is 0 Å². The Balaban J connectivity index is 2.19. The Kier molecular flexibility index (Phi) is 3.47. The van der Waals surface area contributed by atoms with Crippen molar-refractivity contribution < 1.29 is 5.11 Å². The molecule has 21 heavy (non-hydrogen) atoms. The van der Waals surface area contributed by atoms with Gasteiger partial charge in [0.15, 0.2) is 11.5 Å². The Labute approximate surface area is 130 Å². The summed E-state index contributed by atoms with van der Waals surface area (Å²) in [5.41, 5.74) is 2.41. The van der Waals surface area contributed by atoms with Gasteiger partial charge in [-0.25, -0.2) is 4.98 Å². The fraction of sp³-hybridized carbons (Fsp3) is 0.133. The van der Waals surface area contributed by atoms with Crippen molar-refractivity contribution in [1.29, 1.82) is 0 Å². The molecule has 2 heterocycles. The van der Waals surface area contributed by atoms with E-state index in [1.165, 1.54) is 0 Å². The molecule has 3 aromatic rings. The van der Waals surface area contributed by atoms with E-state index in [9.17, 15) is 5.11 Å². The van der Waals surface area contributed by atoms with Gasteiger partial charge < -0.3 is 9.67 Å². The minimum Gasteiger partial charge on any atom is -0.493 e. The fourth-order valence-corrected chi connectivity index (χ4v) is 3.09. The lowest BCUT2D eigenvalue weighted by Crippen LogP contribution is -1.87. The lowest BCUT2D eigenvalue weighted by atomic mass is 10.1. The van der Waals surface area contributed by atoms with E-state index in [2.05, 4.69) is 31.1 Å². The van der Waals surface area contributed by atoms with Crippen molar-refractivity contribution in [2.75, 3.05) is 0 Å². The normalized spacial score (nSPS) is 11.6. The molecule has 1 aromatic carbocycles. The molecule has 0 unspecified atom stereocenters. The zero-order valence-corrected chi connectivity index (χ0v) is 13.2. The third-order valence-electron chi connectivity index (χ3n) is 3.23. The number of hydrogen-bond acceptors (Lipinski definition) is 4. The van der Waals surface area contributed by atoms with Gasteiger partial charge in [-0.1, -0.05) is 6.07 Å². The van der Waals surface area contributed by atoms with Gasteiger partial charge in [-0.05, 0) is 52.7 Å². The topological polar surface area (TPSA) is 62.8 Å². The van der Waals surface area contributed by atoms with Gasteiger partial charge in [0.2, 0.25) is 5.88 Å². The van der Waals surface area contributed by atoms with Crippen LogP contribution in [0.4, 0.5) is 11.5 Å². The highest BCUT2D eigenvalue weighted by atomic mass is 79.9. The Hall–Kier alpha value is -2.21. The third kappa shape index (κ3) is 2.42. The van der Waals surface area contributed by atoms with Gasteiger partial charge in [0, 0.05) is 23.1 Å². The highest BCUT2D eigenvalue weighted by Gasteiger charge is 2.17. The number of benzene rings is 1. The number of nitrogens with zero attached hydrogens (tertiary/aromatic N) is 4. The summed E-state index contributed by atoms with van der Waals surface area (Å²) >= 11 is 3.53. The summed E-state index contributed by atoms with van der Waals surface area (Å²) in [7, 11) is 1.79. The summed E-state index contributed by atoms with van der Waals surface area (Å²) in [5, 5.41) is 19.4. The first-order chi connectivity index (χ1) is 10.1. The second-order valence-corrected chi connectivity index (χ2v) is 5.62. The van der Waals surface area contributed by atoms with E-state index < -0.39 is 0 Å². The number of azo groups is 1. The minimum absolute atomic E-state index is 0.0796. The van der Waals surface area contributed by atoms with Crippen LogP contribution in [0, 0.1) is 6.92 Å². The molecule has 2 aromatic heterocycles. The number of aromatic nitrogens is 2. The number of aryl methyl sites for hydroxylation is 2. The fourth-order valence-electron chi connectivity index (χ4n) is 2.25. The van der Waals surface area contributed by atoms with Crippen molar-refractivity contribution in [1.82, 2.24) is 9.55 Å². The first-order valence-electron chi connectivity index (χ1n) is 6.38. The largest absolute Gasteiger partial charge is 0.493 e. The Morgan fingerprint density at radius 3 is 2.76 bits per heavy atom. The molecule has 0 atom stereocenters. The van der Waals surface area contributed by atoms with E-state index in [4.69, 9.17) is 0 Å². The van der Waals surface area contributed by atoms with Crippen LogP contribution in [0.25, 0.3) is 10.9 Å². The van der Waals surface area contributed by atoms with E-state index in [-0.39, 0.29) is 5.88 Å². The van der Waals surface area contributed by atoms with Crippen LogP contribution in [0.1, 0.15) is 5.56 Å². The second-order valence-electron chi connectivity index (χ2n) is 4.76. The number of pyridine rings is 1. The van der Waals surface area contributed by atoms with E-state index >= 15 is 0 Å². The van der Waals surface area contributed by atoms with Crippen LogP contribution in [0.2, 0.25) is 0 Å². The molecule has 0 spiro atoms. The molecule has 0 saturated heterocycles. The first-order valence-corrected chi connectivity index (χ1v) is 7.17.